The van der Waals surface area contributed by atoms with Crippen LogP contribution in [-0.2, 0) is 0 Å². The van der Waals surface area contributed by atoms with Crippen molar-refractivity contribution in [1.29, 1.82) is 0 Å². The minimum Gasteiger partial charge on any atom is -0.317 e. The van der Waals surface area contributed by atoms with Gasteiger partial charge in [-0.15, -0.1) is 0 Å². The van der Waals surface area contributed by atoms with Crippen molar-refractivity contribution in [2.24, 2.45) is 0 Å². The van der Waals surface area contributed by atoms with E-state index in [1.807, 2.05) is 67.7 Å². The van der Waals surface area contributed by atoms with Crippen LogP contribution in [0.15, 0.2) is 72.8 Å². The van der Waals surface area contributed by atoms with E-state index in [1.54, 1.807) is 12.1 Å². The Morgan fingerprint density at radius 2 is 0.955 bits per heavy atom. The first kappa shape index (κ1) is 29.7. The van der Waals surface area contributed by atoms with E-state index in [1.165, 1.54) is 9.80 Å². The van der Waals surface area contributed by atoms with Crippen molar-refractivity contribution in [3.8, 4) is 0 Å². The molecule has 0 aromatic heterocycles. The Labute approximate surface area is 257 Å². The molecule has 6 rings (SSSR count). The van der Waals surface area contributed by atoms with Crippen LogP contribution in [0.2, 0.25) is 0 Å². The third kappa shape index (κ3) is 5.75. The van der Waals surface area contributed by atoms with Crippen LogP contribution in [-0.4, -0.2) is 84.6 Å². The van der Waals surface area contributed by atoms with Gasteiger partial charge in [0.05, 0.1) is 0 Å². The van der Waals surface area contributed by atoms with Crippen molar-refractivity contribution in [2.75, 3.05) is 46.3 Å². The Morgan fingerprint density at radius 3 is 1.45 bits per heavy atom. The molecule has 0 unspecified atom stereocenters. The van der Waals surface area contributed by atoms with E-state index in [4.69, 9.17) is 0 Å². The average molecular weight is 591 g/mol. The van der Waals surface area contributed by atoms with E-state index in [-0.39, 0.29) is 23.6 Å². The van der Waals surface area contributed by atoms with E-state index in [9.17, 15) is 19.2 Å². The Hall–Kier alpha value is -4.40. The van der Waals surface area contributed by atoms with Crippen LogP contribution < -0.4 is 5.32 Å². The van der Waals surface area contributed by atoms with Crippen LogP contribution in [0.25, 0.3) is 21.5 Å². The third-order valence-corrected chi connectivity index (χ3v) is 8.80. The molecule has 226 valence electrons. The van der Waals surface area contributed by atoms with E-state index < -0.39 is 0 Å². The molecule has 8 nitrogen and oxygen atoms in total. The molecule has 8 heteroatoms. The lowest BCUT2D eigenvalue weighted by atomic mass is 9.94. The Bertz CT molecular complexity index is 1650. The van der Waals surface area contributed by atoms with Crippen LogP contribution in [0.3, 0.4) is 0 Å². The smallest absolute Gasteiger partial charge is 0.261 e. The molecule has 2 aliphatic heterocycles. The highest BCUT2D eigenvalue weighted by molar-refractivity contribution is 6.26. The monoisotopic (exact) mass is 590 g/mol. The van der Waals surface area contributed by atoms with Crippen molar-refractivity contribution in [2.45, 2.75) is 32.1 Å². The third-order valence-electron chi connectivity index (χ3n) is 8.80. The van der Waals surface area contributed by atoms with Gasteiger partial charge in [-0.25, -0.2) is 0 Å². The zero-order valence-electron chi connectivity index (χ0n) is 25.2. The molecule has 2 heterocycles. The van der Waals surface area contributed by atoms with Gasteiger partial charge in [0, 0.05) is 52.7 Å². The summed E-state index contributed by atoms with van der Waals surface area (Å²) in [7, 11) is 2.03. The van der Waals surface area contributed by atoms with E-state index in [0.717, 1.165) is 66.9 Å². The number of unbranched alkanes of at least 4 members (excludes halogenated alkanes) is 3. The predicted octanol–water partition coefficient (Wildman–Crippen LogP) is 5.36. The first-order valence-electron chi connectivity index (χ1n) is 15.6. The number of likely N-dealkylation sites (N-methyl/N-ethyl adjacent to an activating group) is 1. The molecule has 0 bridgehead atoms. The first-order chi connectivity index (χ1) is 21.5. The number of nitrogens with one attached hydrogen (secondary N) is 1. The predicted molar refractivity (Wildman–Crippen MR) is 172 cm³/mol. The molecule has 0 saturated heterocycles. The quantitative estimate of drug-likeness (QED) is 0.157. The molecule has 0 fully saturated rings. The average Bonchev–Trinajstić information content (AvgIpc) is 3.04. The molecule has 0 radical (unpaired) electrons. The molecule has 0 saturated carbocycles. The summed E-state index contributed by atoms with van der Waals surface area (Å²) in [5.74, 6) is -0.836. The SMILES string of the molecule is CN(CCCCCCNCCCN1C(=O)c2cccc3cccc(c23)C1=O)CCN1C(=O)c2cccc3cccc(c23)C1=O. The maximum absolute atomic E-state index is 13.1. The van der Waals surface area contributed by atoms with Crippen LogP contribution in [0.4, 0.5) is 0 Å². The summed E-state index contributed by atoms with van der Waals surface area (Å²) in [5, 5.41) is 6.81. The van der Waals surface area contributed by atoms with E-state index in [2.05, 4.69) is 10.2 Å². The fourth-order valence-electron chi connectivity index (χ4n) is 6.42. The van der Waals surface area contributed by atoms with Crippen LogP contribution in [0.1, 0.15) is 73.5 Å². The Balaban J connectivity index is 0.848. The zero-order valence-corrected chi connectivity index (χ0v) is 25.2. The maximum Gasteiger partial charge on any atom is 0.261 e. The van der Waals surface area contributed by atoms with Crippen molar-refractivity contribution in [3.05, 3.63) is 95.1 Å². The van der Waals surface area contributed by atoms with Gasteiger partial charge >= 0.3 is 0 Å². The molecule has 4 aromatic rings. The number of imide groups is 2. The molecular weight excluding hydrogens is 552 g/mol. The van der Waals surface area contributed by atoms with Gasteiger partial charge < -0.3 is 10.2 Å². The van der Waals surface area contributed by atoms with Gasteiger partial charge in [-0.3, -0.25) is 29.0 Å². The number of carbonyl (C=O) groups excluding carboxylic acids is 4. The zero-order chi connectivity index (χ0) is 30.6. The minimum atomic E-state index is -0.211. The van der Waals surface area contributed by atoms with Crippen LogP contribution >= 0.6 is 0 Å². The summed E-state index contributed by atoms with van der Waals surface area (Å²) in [6.45, 7) is 3.97. The molecule has 0 spiro atoms. The number of amides is 4. The number of carbonyl (C=O) groups is 4. The molecule has 1 N–H and O–H groups in total. The highest BCUT2D eigenvalue weighted by Crippen LogP contribution is 2.31. The summed E-state index contributed by atoms with van der Waals surface area (Å²) in [6.07, 6.45) is 5.03. The second kappa shape index (κ2) is 13.1. The summed E-state index contributed by atoms with van der Waals surface area (Å²) in [5.41, 5.74) is 2.42. The lowest BCUT2D eigenvalue weighted by Gasteiger charge is -2.28. The highest BCUT2D eigenvalue weighted by atomic mass is 16.2. The van der Waals surface area contributed by atoms with Gasteiger partial charge in [-0.1, -0.05) is 61.4 Å². The second-order valence-electron chi connectivity index (χ2n) is 11.8. The molecule has 44 heavy (non-hydrogen) atoms. The van der Waals surface area contributed by atoms with Gasteiger partial charge in [0.2, 0.25) is 0 Å². The molecule has 0 aliphatic carbocycles. The topological polar surface area (TPSA) is 90.0 Å². The maximum atomic E-state index is 13.1. The second-order valence-corrected chi connectivity index (χ2v) is 11.8. The van der Waals surface area contributed by atoms with Crippen molar-refractivity contribution in [1.82, 2.24) is 20.0 Å². The van der Waals surface area contributed by atoms with Gasteiger partial charge in [0.1, 0.15) is 0 Å². The van der Waals surface area contributed by atoms with Gasteiger partial charge in [-0.2, -0.15) is 0 Å². The minimum absolute atomic E-state index is 0.207. The number of nitrogens with zero attached hydrogens (tertiary/aromatic N) is 3. The lowest BCUT2D eigenvalue weighted by Crippen LogP contribution is -2.44. The largest absolute Gasteiger partial charge is 0.317 e. The summed E-state index contributed by atoms with van der Waals surface area (Å²) >= 11 is 0. The van der Waals surface area contributed by atoms with Gasteiger partial charge in [0.15, 0.2) is 0 Å². The molecule has 4 amide bonds. The fourth-order valence-corrected chi connectivity index (χ4v) is 6.42. The summed E-state index contributed by atoms with van der Waals surface area (Å²) in [4.78, 5) is 57.1. The highest BCUT2D eigenvalue weighted by Gasteiger charge is 2.33. The van der Waals surface area contributed by atoms with Crippen molar-refractivity contribution < 1.29 is 19.2 Å². The molecule has 4 aromatic carbocycles. The molecule has 2 aliphatic rings. The van der Waals surface area contributed by atoms with E-state index in [0.29, 0.717) is 48.3 Å². The van der Waals surface area contributed by atoms with Crippen LogP contribution in [0, 0.1) is 0 Å². The van der Waals surface area contributed by atoms with Crippen LogP contribution in [0.5, 0.6) is 0 Å². The number of hydrogen-bond donors (Lipinski definition) is 1. The van der Waals surface area contributed by atoms with Gasteiger partial charge in [-0.05, 0) is 81.0 Å². The number of benzene rings is 4. The Kier molecular flexibility index (Phi) is 8.82. The van der Waals surface area contributed by atoms with Crippen molar-refractivity contribution in [3.63, 3.8) is 0 Å². The lowest BCUT2D eigenvalue weighted by molar-refractivity contribution is 0.0586. The summed E-state index contributed by atoms with van der Waals surface area (Å²) < 4.78 is 0. The molecule has 0 atom stereocenters. The Morgan fingerprint density at radius 1 is 0.523 bits per heavy atom. The standard InChI is InChI=1S/C36H38N4O4/c1-38(23-24-40-35(43)29-17-8-13-26-14-9-18-30(32(26)29)36(40)44)21-5-3-2-4-19-37-20-10-22-39-33(41)27-15-6-11-25-12-7-16-28(31(25)27)34(39)42/h6-9,11-18,37H,2-5,10,19-24H2,1H3. The normalized spacial score (nSPS) is 14.5. The number of hydrogen-bond acceptors (Lipinski definition) is 6. The molecular formula is C36H38N4O4. The van der Waals surface area contributed by atoms with Gasteiger partial charge in [0.25, 0.3) is 23.6 Å². The van der Waals surface area contributed by atoms with E-state index >= 15 is 0 Å². The van der Waals surface area contributed by atoms with Crippen molar-refractivity contribution >= 4 is 45.2 Å². The fraction of sp³-hybridized carbons (Fsp3) is 0.333. The number of rotatable bonds is 14. The summed E-state index contributed by atoms with van der Waals surface area (Å²) in [6, 6.07) is 22.4. The first-order valence-corrected chi connectivity index (χ1v) is 15.6.